The highest BCUT2D eigenvalue weighted by Crippen LogP contribution is 2.30. The Labute approximate surface area is 96.0 Å². The molecule has 0 bridgehead atoms. The number of nitrogens with one attached hydrogen (secondary N) is 1. The van der Waals surface area contributed by atoms with Crippen LogP contribution in [0.25, 0.3) is 0 Å². The fourth-order valence-corrected chi connectivity index (χ4v) is 2.86. The summed E-state index contributed by atoms with van der Waals surface area (Å²) in [5.74, 6) is 2.07. The largest absolute Gasteiger partial charge is 0.317 e. The molecule has 1 aliphatic rings. The zero-order valence-corrected chi connectivity index (χ0v) is 10.7. The Morgan fingerprint density at radius 1 is 1.00 bits per heavy atom. The summed E-state index contributed by atoms with van der Waals surface area (Å²) in [6.45, 7) is 7.16. The Balaban J connectivity index is 2.30. The van der Waals surface area contributed by atoms with Crippen LogP contribution in [0.15, 0.2) is 0 Å². The summed E-state index contributed by atoms with van der Waals surface area (Å²) >= 11 is 0. The van der Waals surface area contributed by atoms with E-state index in [9.17, 15) is 0 Å². The molecule has 1 nitrogen and oxygen atoms in total. The summed E-state index contributed by atoms with van der Waals surface area (Å²) in [5.41, 5.74) is 0. The lowest BCUT2D eigenvalue weighted by Gasteiger charge is -2.31. The highest BCUT2D eigenvalue weighted by molar-refractivity contribution is 4.75. The van der Waals surface area contributed by atoms with Gasteiger partial charge >= 0.3 is 0 Å². The van der Waals surface area contributed by atoms with Crippen molar-refractivity contribution in [2.24, 2.45) is 11.8 Å². The predicted molar refractivity (Wildman–Crippen MR) is 68.1 cm³/mol. The van der Waals surface area contributed by atoms with Crippen LogP contribution in [-0.2, 0) is 0 Å². The molecule has 0 aromatic carbocycles. The van der Waals surface area contributed by atoms with E-state index in [1.54, 1.807) is 0 Å². The lowest BCUT2D eigenvalue weighted by atomic mass is 9.79. The van der Waals surface area contributed by atoms with Crippen LogP contribution in [0.2, 0.25) is 0 Å². The Morgan fingerprint density at radius 2 is 1.53 bits per heavy atom. The topological polar surface area (TPSA) is 12.0 Å². The molecule has 0 radical (unpaired) electrons. The van der Waals surface area contributed by atoms with Gasteiger partial charge in [0.15, 0.2) is 0 Å². The van der Waals surface area contributed by atoms with Crippen LogP contribution in [0.4, 0.5) is 0 Å². The van der Waals surface area contributed by atoms with Crippen LogP contribution >= 0.6 is 0 Å². The molecule has 0 aliphatic carbocycles. The Morgan fingerprint density at radius 3 is 2.00 bits per heavy atom. The average molecular weight is 211 g/mol. The zero-order valence-electron chi connectivity index (χ0n) is 10.7. The van der Waals surface area contributed by atoms with Crippen LogP contribution < -0.4 is 5.32 Å². The summed E-state index contributed by atoms with van der Waals surface area (Å²) < 4.78 is 0. The van der Waals surface area contributed by atoms with Crippen molar-refractivity contribution >= 4 is 0 Å². The predicted octanol–water partition coefficient (Wildman–Crippen LogP) is 3.98. The monoisotopic (exact) mass is 211 g/mol. The molecule has 0 spiro atoms. The van der Waals surface area contributed by atoms with E-state index < -0.39 is 0 Å². The van der Waals surface area contributed by atoms with E-state index in [2.05, 4.69) is 19.2 Å². The van der Waals surface area contributed by atoms with Crippen LogP contribution in [0, 0.1) is 11.8 Å². The van der Waals surface area contributed by atoms with Crippen LogP contribution in [0.3, 0.4) is 0 Å². The van der Waals surface area contributed by atoms with Crippen molar-refractivity contribution in [1.82, 2.24) is 5.32 Å². The third kappa shape index (κ3) is 5.01. The molecule has 0 unspecified atom stereocenters. The van der Waals surface area contributed by atoms with E-state index in [0.717, 1.165) is 11.8 Å². The average Bonchev–Trinajstić information content (AvgIpc) is 2.30. The van der Waals surface area contributed by atoms with Crippen LogP contribution in [0.1, 0.15) is 65.2 Å². The highest BCUT2D eigenvalue weighted by atomic mass is 14.9. The molecule has 1 N–H and O–H groups in total. The quantitative estimate of drug-likeness (QED) is 0.671. The fraction of sp³-hybridized carbons (Fsp3) is 1.00. The van der Waals surface area contributed by atoms with Crippen molar-refractivity contribution in [3.05, 3.63) is 0 Å². The zero-order chi connectivity index (χ0) is 10.9. The first-order chi connectivity index (χ1) is 7.38. The van der Waals surface area contributed by atoms with Gasteiger partial charge in [-0.2, -0.15) is 0 Å². The molecule has 1 saturated heterocycles. The minimum atomic E-state index is 1.03. The van der Waals surface area contributed by atoms with Crippen molar-refractivity contribution < 1.29 is 0 Å². The van der Waals surface area contributed by atoms with Crippen molar-refractivity contribution in [3.63, 3.8) is 0 Å². The SMILES string of the molecule is CCCCC(CCCC)C1CCNCC1. The third-order valence-corrected chi connectivity index (χ3v) is 3.91. The molecule has 0 saturated carbocycles. The van der Waals surface area contributed by atoms with Gasteiger partial charge in [0.05, 0.1) is 0 Å². The van der Waals surface area contributed by atoms with Gasteiger partial charge in [-0.3, -0.25) is 0 Å². The molecule has 1 fully saturated rings. The molecule has 1 aliphatic heterocycles. The number of piperidine rings is 1. The summed E-state index contributed by atoms with van der Waals surface area (Å²) in [4.78, 5) is 0. The first-order valence-corrected chi connectivity index (χ1v) is 7.09. The van der Waals surface area contributed by atoms with E-state index in [1.165, 1.54) is 64.5 Å². The minimum absolute atomic E-state index is 1.03. The summed E-state index contributed by atoms with van der Waals surface area (Å²) in [7, 11) is 0. The number of hydrogen-bond donors (Lipinski definition) is 1. The molecule has 0 aromatic heterocycles. The number of hydrogen-bond acceptors (Lipinski definition) is 1. The van der Waals surface area contributed by atoms with E-state index >= 15 is 0 Å². The second kappa shape index (κ2) is 8.15. The second-order valence-corrected chi connectivity index (χ2v) is 5.13. The van der Waals surface area contributed by atoms with E-state index in [-0.39, 0.29) is 0 Å². The van der Waals surface area contributed by atoms with Gasteiger partial charge in [0.25, 0.3) is 0 Å². The number of unbranched alkanes of at least 4 members (excludes halogenated alkanes) is 2. The Kier molecular flexibility index (Phi) is 7.08. The summed E-state index contributed by atoms with van der Waals surface area (Å²) in [5, 5.41) is 3.48. The summed E-state index contributed by atoms with van der Waals surface area (Å²) in [6.07, 6.45) is 11.5. The van der Waals surface area contributed by atoms with Gasteiger partial charge in [0.2, 0.25) is 0 Å². The Bertz CT molecular complexity index is 130. The third-order valence-electron chi connectivity index (χ3n) is 3.91. The smallest absolute Gasteiger partial charge is 0.00462 e. The molecule has 0 amide bonds. The van der Waals surface area contributed by atoms with E-state index in [0.29, 0.717) is 0 Å². The molecule has 1 heteroatoms. The van der Waals surface area contributed by atoms with E-state index in [4.69, 9.17) is 0 Å². The summed E-state index contributed by atoms with van der Waals surface area (Å²) in [6, 6.07) is 0. The Hall–Kier alpha value is -0.0400. The van der Waals surface area contributed by atoms with Gasteiger partial charge in [-0.15, -0.1) is 0 Å². The maximum absolute atomic E-state index is 3.48. The van der Waals surface area contributed by atoms with Gasteiger partial charge in [-0.25, -0.2) is 0 Å². The standard InChI is InChI=1S/C14H29N/c1-3-5-7-13(8-6-4-2)14-9-11-15-12-10-14/h13-15H,3-12H2,1-2H3. The van der Waals surface area contributed by atoms with Crippen LogP contribution in [0.5, 0.6) is 0 Å². The second-order valence-electron chi connectivity index (χ2n) is 5.13. The van der Waals surface area contributed by atoms with Gasteiger partial charge in [-0.1, -0.05) is 52.4 Å². The van der Waals surface area contributed by atoms with Crippen LogP contribution in [-0.4, -0.2) is 13.1 Å². The first kappa shape index (κ1) is 13.0. The normalized spacial score (nSPS) is 18.6. The molecule has 0 atom stereocenters. The highest BCUT2D eigenvalue weighted by Gasteiger charge is 2.22. The van der Waals surface area contributed by atoms with Gasteiger partial charge in [0, 0.05) is 0 Å². The molecule has 0 aromatic rings. The van der Waals surface area contributed by atoms with Crippen molar-refractivity contribution in [2.75, 3.05) is 13.1 Å². The van der Waals surface area contributed by atoms with Crippen molar-refractivity contribution in [3.8, 4) is 0 Å². The lowest BCUT2D eigenvalue weighted by Crippen LogP contribution is -2.31. The van der Waals surface area contributed by atoms with Gasteiger partial charge < -0.3 is 5.32 Å². The molecular formula is C14H29N. The molecular weight excluding hydrogens is 182 g/mol. The maximum atomic E-state index is 3.48. The fourth-order valence-electron chi connectivity index (χ4n) is 2.86. The van der Waals surface area contributed by atoms with Crippen molar-refractivity contribution in [1.29, 1.82) is 0 Å². The van der Waals surface area contributed by atoms with Gasteiger partial charge in [-0.05, 0) is 37.8 Å². The molecule has 1 heterocycles. The first-order valence-electron chi connectivity index (χ1n) is 7.09. The lowest BCUT2D eigenvalue weighted by molar-refractivity contribution is 0.226. The maximum Gasteiger partial charge on any atom is -0.00462 e. The minimum Gasteiger partial charge on any atom is -0.317 e. The van der Waals surface area contributed by atoms with Gasteiger partial charge in [0.1, 0.15) is 0 Å². The molecule has 1 rings (SSSR count). The molecule has 90 valence electrons. The number of rotatable bonds is 7. The van der Waals surface area contributed by atoms with Crippen molar-refractivity contribution in [2.45, 2.75) is 65.2 Å². The van der Waals surface area contributed by atoms with E-state index in [1.807, 2.05) is 0 Å². The molecule has 15 heavy (non-hydrogen) atoms.